The van der Waals surface area contributed by atoms with E-state index in [1.54, 1.807) is 6.26 Å². The van der Waals surface area contributed by atoms with Crippen LogP contribution in [0.2, 0.25) is 0 Å². The minimum Gasteiger partial charge on any atom is -0.464 e. The van der Waals surface area contributed by atoms with E-state index in [1.807, 2.05) is 24.3 Å². The van der Waals surface area contributed by atoms with E-state index in [0.717, 1.165) is 16.5 Å². The molecular weight excluding hydrogens is 208 g/mol. The van der Waals surface area contributed by atoms with E-state index in [1.165, 1.54) is 5.56 Å². The number of hydrogen-bond donors (Lipinski definition) is 0. The monoisotopic (exact) mass is 220 g/mol. The Morgan fingerprint density at radius 1 is 0.765 bits per heavy atom. The first-order valence-electron chi connectivity index (χ1n) is 5.62. The molecule has 0 aliphatic carbocycles. The topological polar surface area (TPSA) is 13.1 Å². The summed E-state index contributed by atoms with van der Waals surface area (Å²) in [5.41, 5.74) is 3.28. The van der Waals surface area contributed by atoms with Crippen LogP contribution < -0.4 is 0 Å². The molecule has 2 aromatic carbocycles. The van der Waals surface area contributed by atoms with Gasteiger partial charge >= 0.3 is 0 Å². The molecule has 0 fully saturated rings. The van der Waals surface area contributed by atoms with Crippen molar-refractivity contribution in [3.8, 4) is 0 Å². The molecule has 0 amide bonds. The number of hydrogen-bond acceptors (Lipinski definition) is 1. The van der Waals surface area contributed by atoms with Gasteiger partial charge in [0.2, 0.25) is 0 Å². The molecule has 17 heavy (non-hydrogen) atoms. The molecule has 1 heteroatoms. The largest absolute Gasteiger partial charge is 0.464 e. The van der Waals surface area contributed by atoms with Crippen LogP contribution in [0.1, 0.15) is 11.1 Å². The van der Waals surface area contributed by atoms with Crippen LogP contribution in [-0.2, 0) is 0 Å². The van der Waals surface area contributed by atoms with Crippen LogP contribution in [-0.4, -0.2) is 0 Å². The van der Waals surface area contributed by atoms with Crippen molar-refractivity contribution >= 4 is 23.1 Å². The molecule has 0 unspecified atom stereocenters. The summed E-state index contributed by atoms with van der Waals surface area (Å²) in [5.74, 6) is 0. The van der Waals surface area contributed by atoms with Crippen molar-refractivity contribution in [2.45, 2.75) is 0 Å². The van der Waals surface area contributed by atoms with E-state index in [4.69, 9.17) is 4.42 Å². The molecule has 0 saturated heterocycles. The SMILES string of the molecule is C(=C\c1ccc2ccoc2c1)/c1ccccc1. The van der Waals surface area contributed by atoms with Gasteiger partial charge in [-0.2, -0.15) is 0 Å². The molecule has 82 valence electrons. The average molecular weight is 220 g/mol. The van der Waals surface area contributed by atoms with Crippen molar-refractivity contribution in [1.29, 1.82) is 0 Å². The molecule has 0 aliphatic heterocycles. The summed E-state index contributed by atoms with van der Waals surface area (Å²) in [5, 5.41) is 1.14. The highest BCUT2D eigenvalue weighted by Crippen LogP contribution is 2.18. The van der Waals surface area contributed by atoms with Gasteiger partial charge in [-0.25, -0.2) is 0 Å². The molecule has 1 nitrogen and oxygen atoms in total. The molecule has 1 heterocycles. The van der Waals surface area contributed by atoms with Crippen molar-refractivity contribution in [2.24, 2.45) is 0 Å². The third-order valence-corrected chi connectivity index (χ3v) is 2.75. The van der Waals surface area contributed by atoms with Crippen molar-refractivity contribution in [3.63, 3.8) is 0 Å². The summed E-state index contributed by atoms with van der Waals surface area (Å²) >= 11 is 0. The Labute approximate surface area is 100 Å². The Hall–Kier alpha value is -2.28. The minimum atomic E-state index is 0.931. The van der Waals surface area contributed by atoms with Crippen LogP contribution in [0, 0.1) is 0 Å². The maximum atomic E-state index is 5.38. The number of benzene rings is 2. The highest BCUT2D eigenvalue weighted by Gasteiger charge is 1.96. The molecule has 0 atom stereocenters. The predicted octanol–water partition coefficient (Wildman–Crippen LogP) is 4.60. The van der Waals surface area contributed by atoms with Gasteiger partial charge in [0.25, 0.3) is 0 Å². The maximum Gasteiger partial charge on any atom is 0.134 e. The second-order valence-corrected chi connectivity index (χ2v) is 3.96. The van der Waals surface area contributed by atoms with Gasteiger partial charge in [-0.1, -0.05) is 54.6 Å². The first kappa shape index (κ1) is 9.91. The lowest BCUT2D eigenvalue weighted by Gasteiger charge is -1.94. The van der Waals surface area contributed by atoms with Gasteiger partial charge in [0.1, 0.15) is 5.58 Å². The predicted molar refractivity (Wildman–Crippen MR) is 71.6 cm³/mol. The molecule has 1 aromatic heterocycles. The smallest absolute Gasteiger partial charge is 0.134 e. The van der Waals surface area contributed by atoms with Gasteiger partial charge in [-0.15, -0.1) is 0 Å². The fourth-order valence-electron chi connectivity index (χ4n) is 1.83. The third-order valence-electron chi connectivity index (χ3n) is 2.75. The summed E-state index contributed by atoms with van der Waals surface area (Å²) in [6, 6.07) is 18.5. The number of fused-ring (bicyclic) bond motifs is 1. The van der Waals surface area contributed by atoms with E-state index in [-0.39, 0.29) is 0 Å². The van der Waals surface area contributed by atoms with Gasteiger partial charge in [0.05, 0.1) is 6.26 Å². The molecule has 0 spiro atoms. The second kappa shape index (κ2) is 4.30. The lowest BCUT2D eigenvalue weighted by Crippen LogP contribution is -1.72. The van der Waals surface area contributed by atoms with Crippen LogP contribution in [0.15, 0.2) is 65.3 Å². The fraction of sp³-hybridized carbons (Fsp3) is 0. The first-order valence-corrected chi connectivity index (χ1v) is 5.62. The molecule has 3 aromatic rings. The van der Waals surface area contributed by atoms with E-state index in [0.29, 0.717) is 0 Å². The Morgan fingerprint density at radius 3 is 2.47 bits per heavy atom. The standard InChI is InChI=1S/C16H12O/c1-2-4-13(5-3-1)6-7-14-8-9-15-10-11-17-16(15)12-14/h1-12H/b7-6+. The zero-order chi connectivity index (χ0) is 11.5. The zero-order valence-electron chi connectivity index (χ0n) is 9.34. The second-order valence-electron chi connectivity index (χ2n) is 3.96. The zero-order valence-corrected chi connectivity index (χ0v) is 9.34. The van der Waals surface area contributed by atoms with E-state index >= 15 is 0 Å². The highest BCUT2D eigenvalue weighted by molar-refractivity contribution is 5.81. The third kappa shape index (κ3) is 2.13. The summed E-state index contributed by atoms with van der Waals surface area (Å²) in [6.45, 7) is 0. The molecule has 0 bridgehead atoms. The molecule has 3 rings (SSSR count). The van der Waals surface area contributed by atoms with Crippen LogP contribution in [0.25, 0.3) is 23.1 Å². The molecule has 0 radical (unpaired) electrons. The van der Waals surface area contributed by atoms with Crippen molar-refractivity contribution < 1.29 is 4.42 Å². The van der Waals surface area contributed by atoms with Crippen molar-refractivity contribution in [2.75, 3.05) is 0 Å². The van der Waals surface area contributed by atoms with Gasteiger partial charge < -0.3 is 4.42 Å². The summed E-state index contributed by atoms with van der Waals surface area (Å²) in [4.78, 5) is 0. The van der Waals surface area contributed by atoms with Crippen LogP contribution in [0.4, 0.5) is 0 Å². The Kier molecular flexibility index (Phi) is 2.51. The maximum absolute atomic E-state index is 5.38. The first-order chi connectivity index (χ1) is 8.42. The van der Waals surface area contributed by atoms with Crippen LogP contribution in [0.3, 0.4) is 0 Å². The number of furan rings is 1. The minimum absolute atomic E-state index is 0.931. The highest BCUT2D eigenvalue weighted by atomic mass is 16.3. The van der Waals surface area contributed by atoms with Gasteiger partial charge in [-0.05, 0) is 23.3 Å². The van der Waals surface area contributed by atoms with Crippen molar-refractivity contribution in [3.05, 3.63) is 72.0 Å². The lowest BCUT2D eigenvalue weighted by atomic mass is 10.1. The van der Waals surface area contributed by atoms with E-state index < -0.39 is 0 Å². The molecule has 0 saturated carbocycles. The summed E-state index contributed by atoms with van der Waals surface area (Å²) in [7, 11) is 0. The Bertz CT molecular complexity index is 647. The summed E-state index contributed by atoms with van der Waals surface area (Å²) < 4.78 is 5.38. The van der Waals surface area contributed by atoms with Crippen molar-refractivity contribution in [1.82, 2.24) is 0 Å². The van der Waals surface area contributed by atoms with Crippen LogP contribution >= 0.6 is 0 Å². The summed E-state index contributed by atoms with van der Waals surface area (Å²) in [6.07, 6.45) is 5.91. The van der Waals surface area contributed by atoms with Gasteiger partial charge in [0.15, 0.2) is 0 Å². The quantitative estimate of drug-likeness (QED) is 0.575. The average Bonchev–Trinajstić information content (AvgIpc) is 2.85. The molecule has 0 N–H and O–H groups in total. The van der Waals surface area contributed by atoms with Gasteiger partial charge in [-0.3, -0.25) is 0 Å². The van der Waals surface area contributed by atoms with Crippen LogP contribution in [0.5, 0.6) is 0 Å². The lowest BCUT2D eigenvalue weighted by molar-refractivity contribution is 0.616. The molecular formula is C16H12O. The van der Waals surface area contributed by atoms with Gasteiger partial charge in [0, 0.05) is 5.39 Å². The number of rotatable bonds is 2. The Morgan fingerprint density at radius 2 is 1.59 bits per heavy atom. The van der Waals surface area contributed by atoms with E-state index in [2.05, 4.69) is 42.5 Å². The normalized spacial score (nSPS) is 11.3. The van der Waals surface area contributed by atoms with E-state index in [9.17, 15) is 0 Å². The fourth-order valence-corrected chi connectivity index (χ4v) is 1.83. The molecule has 0 aliphatic rings. The Balaban J connectivity index is 1.92.